The molecule has 2 aromatic carbocycles. The number of nitrogens with zero attached hydrogens (tertiary/aromatic N) is 1. The highest BCUT2D eigenvalue weighted by atomic mass is 16.5. The molecule has 3 rings (SSSR count). The fourth-order valence-corrected chi connectivity index (χ4v) is 2.32. The van der Waals surface area contributed by atoms with Crippen LogP contribution in [0.25, 0.3) is 0 Å². The van der Waals surface area contributed by atoms with Gasteiger partial charge in [0.05, 0.1) is 12.8 Å². The zero-order valence-electron chi connectivity index (χ0n) is 12.8. The normalized spacial score (nSPS) is 13.1. The molecule has 23 heavy (non-hydrogen) atoms. The van der Waals surface area contributed by atoms with Gasteiger partial charge < -0.3 is 19.7 Å². The van der Waals surface area contributed by atoms with Gasteiger partial charge in [-0.3, -0.25) is 9.59 Å². The molecule has 0 radical (unpaired) electrons. The van der Waals surface area contributed by atoms with Crippen LogP contribution < -0.4 is 19.7 Å². The Morgan fingerprint density at radius 1 is 1.26 bits per heavy atom. The van der Waals surface area contributed by atoms with Crippen molar-refractivity contribution in [2.24, 2.45) is 0 Å². The average molecular weight is 312 g/mol. The summed E-state index contributed by atoms with van der Waals surface area (Å²) < 4.78 is 10.5. The lowest BCUT2D eigenvalue weighted by Gasteiger charge is -2.26. The first-order chi connectivity index (χ1) is 11.1. The number of hydrogen-bond donors (Lipinski definition) is 1. The van der Waals surface area contributed by atoms with Crippen LogP contribution in [-0.4, -0.2) is 32.6 Å². The average Bonchev–Trinajstić information content (AvgIpc) is 2.58. The van der Waals surface area contributed by atoms with Crippen molar-refractivity contribution in [1.29, 1.82) is 0 Å². The Labute approximate surface area is 133 Å². The Morgan fingerprint density at radius 3 is 2.87 bits per heavy atom. The molecular formula is C17H16N2O4. The molecule has 6 heteroatoms. The highest BCUT2D eigenvalue weighted by molar-refractivity contribution is 6.06. The first kappa shape index (κ1) is 14.9. The Hall–Kier alpha value is -3.02. The van der Waals surface area contributed by atoms with Gasteiger partial charge >= 0.3 is 0 Å². The lowest BCUT2D eigenvalue weighted by atomic mass is 10.1. The van der Waals surface area contributed by atoms with Gasteiger partial charge in [0.2, 0.25) is 0 Å². The molecule has 0 aromatic heterocycles. The number of ether oxygens (including phenoxy) is 2. The molecule has 0 unspecified atom stereocenters. The highest BCUT2D eigenvalue weighted by Crippen LogP contribution is 2.32. The number of anilines is 2. The zero-order chi connectivity index (χ0) is 16.4. The summed E-state index contributed by atoms with van der Waals surface area (Å²) in [6.45, 7) is 0.0128. The van der Waals surface area contributed by atoms with E-state index in [0.29, 0.717) is 28.4 Å². The maximum Gasteiger partial charge on any atom is 0.264 e. The van der Waals surface area contributed by atoms with E-state index in [2.05, 4.69) is 5.32 Å². The van der Waals surface area contributed by atoms with Gasteiger partial charge in [0, 0.05) is 24.4 Å². The molecule has 1 heterocycles. The van der Waals surface area contributed by atoms with Gasteiger partial charge in [0.1, 0.15) is 11.5 Å². The van der Waals surface area contributed by atoms with Crippen LogP contribution in [0.3, 0.4) is 0 Å². The Morgan fingerprint density at radius 2 is 2.09 bits per heavy atom. The molecule has 6 nitrogen and oxygen atoms in total. The smallest absolute Gasteiger partial charge is 0.264 e. The predicted molar refractivity (Wildman–Crippen MR) is 86.3 cm³/mol. The lowest BCUT2D eigenvalue weighted by Crippen LogP contribution is -2.35. The SMILES string of the molecule is COc1cccc(NC(=O)c2ccc3c(c2)N(C)C(=O)CO3)c1. The molecular weight excluding hydrogens is 296 g/mol. The van der Waals surface area contributed by atoms with E-state index in [0.717, 1.165) is 0 Å². The van der Waals surface area contributed by atoms with Crippen LogP contribution in [0, 0.1) is 0 Å². The van der Waals surface area contributed by atoms with E-state index in [9.17, 15) is 9.59 Å². The van der Waals surface area contributed by atoms with Gasteiger partial charge in [-0.15, -0.1) is 0 Å². The highest BCUT2D eigenvalue weighted by Gasteiger charge is 2.23. The molecule has 0 saturated carbocycles. The second kappa shape index (κ2) is 6.00. The van der Waals surface area contributed by atoms with Crippen LogP contribution in [0.1, 0.15) is 10.4 Å². The zero-order valence-corrected chi connectivity index (χ0v) is 12.8. The van der Waals surface area contributed by atoms with Crippen molar-refractivity contribution in [3.05, 3.63) is 48.0 Å². The summed E-state index contributed by atoms with van der Waals surface area (Å²) in [5, 5.41) is 2.80. The third kappa shape index (κ3) is 2.96. The van der Waals surface area contributed by atoms with E-state index in [4.69, 9.17) is 9.47 Å². The van der Waals surface area contributed by atoms with Gasteiger partial charge in [-0.25, -0.2) is 0 Å². The molecule has 1 N–H and O–H groups in total. The fraction of sp³-hybridized carbons (Fsp3) is 0.176. The molecule has 0 atom stereocenters. The summed E-state index contributed by atoms with van der Waals surface area (Å²) in [6.07, 6.45) is 0. The number of benzene rings is 2. The number of hydrogen-bond acceptors (Lipinski definition) is 4. The van der Waals surface area contributed by atoms with E-state index in [1.54, 1.807) is 56.6 Å². The third-order valence-corrected chi connectivity index (χ3v) is 3.64. The number of likely N-dealkylation sites (N-methyl/N-ethyl adjacent to an activating group) is 1. The number of methoxy groups -OCH3 is 1. The molecule has 0 aliphatic carbocycles. The minimum atomic E-state index is -0.271. The second-order valence-corrected chi connectivity index (χ2v) is 5.11. The Bertz CT molecular complexity index is 773. The summed E-state index contributed by atoms with van der Waals surface area (Å²) in [5.74, 6) is 0.826. The summed E-state index contributed by atoms with van der Waals surface area (Å²) in [5.41, 5.74) is 1.66. The van der Waals surface area contributed by atoms with Crippen molar-refractivity contribution in [3.8, 4) is 11.5 Å². The van der Waals surface area contributed by atoms with E-state index < -0.39 is 0 Å². The maximum atomic E-state index is 12.4. The Balaban J connectivity index is 1.84. The topological polar surface area (TPSA) is 67.9 Å². The molecule has 2 aromatic rings. The maximum absolute atomic E-state index is 12.4. The monoisotopic (exact) mass is 312 g/mol. The molecule has 0 spiro atoms. The molecule has 0 saturated heterocycles. The summed E-state index contributed by atoms with van der Waals surface area (Å²) in [6, 6.07) is 12.1. The van der Waals surface area contributed by atoms with Gasteiger partial charge in [0.15, 0.2) is 6.61 Å². The van der Waals surface area contributed by atoms with Crippen molar-refractivity contribution in [1.82, 2.24) is 0 Å². The fourth-order valence-electron chi connectivity index (χ4n) is 2.32. The van der Waals surface area contributed by atoms with Crippen LogP contribution in [0.2, 0.25) is 0 Å². The van der Waals surface area contributed by atoms with Gasteiger partial charge in [-0.05, 0) is 30.3 Å². The third-order valence-electron chi connectivity index (χ3n) is 3.64. The van der Waals surface area contributed by atoms with Crippen molar-refractivity contribution < 1.29 is 19.1 Å². The molecule has 118 valence electrons. The van der Waals surface area contributed by atoms with Crippen LogP contribution >= 0.6 is 0 Å². The summed E-state index contributed by atoms with van der Waals surface area (Å²) in [4.78, 5) is 25.6. The quantitative estimate of drug-likeness (QED) is 0.944. The standard InChI is InChI=1S/C17H16N2O4/c1-19-14-8-11(6-7-15(14)23-10-16(19)20)17(21)18-12-4-3-5-13(9-12)22-2/h3-9H,10H2,1-2H3,(H,18,21). The van der Waals surface area contributed by atoms with Crippen LogP contribution in [0.4, 0.5) is 11.4 Å². The Kier molecular flexibility index (Phi) is 3.89. The second-order valence-electron chi connectivity index (χ2n) is 5.11. The number of amides is 2. The predicted octanol–water partition coefficient (Wildman–Crippen LogP) is 2.30. The van der Waals surface area contributed by atoms with E-state index in [1.165, 1.54) is 4.90 Å². The van der Waals surface area contributed by atoms with Gasteiger partial charge in [-0.2, -0.15) is 0 Å². The number of carbonyl (C=O) groups excluding carboxylic acids is 2. The first-order valence-electron chi connectivity index (χ1n) is 7.07. The van der Waals surface area contributed by atoms with Crippen molar-refractivity contribution >= 4 is 23.2 Å². The van der Waals surface area contributed by atoms with Crippen LogP contribution in [0.5, 0.6) is 11.5 Å². The van der Waals surface area contributed by atoms with Crippen molar-refractivity contribution in [3.63, 3.8) is 0 Å². The van der Waals surface area contributed by atoms with Crippen LogP contribution in [0.15, 0.2) is 42.5 Å². The first-order valence-corrected chi connectivity index (χ1v) is 7.07. The molecule has 1 aliphatic heterocycles. The van der Waals surface area contributed by atoms with E-state index in [1.807, 2.05) is 0 Å². The van der Waals surface area contributed by atoms with E-state index in [-0.39, 0.29) is 18.4 Å². The summed E-state index contributed by atoms with van der Waals surface area (Å²) in [7, 11) is 3.23. The van der Waals surface area contributed by atoms with Crippen molar-refractivity contribution in [2.75, 3.05) is 31.0 Å². The van der Waals surface area contributed by atoms with Crippen molar-refractivity contribution in [2.45, 2.75) is 0 Å². The molecule has 2 amide bonds. The van der Waals surface area contributed by atoms with Crippen LogP contribution in [-0.2, 0) is 4.79 Å². The minimum absolute atomic E-state index is 0.0128. The van der Waals surface area contributed by atoms with Gasteiger partial charge in [-0.1, -0.05) is 6.07 Å². The summed E-state index contributed by atoms with van der Waals surface area (Å²) >= 11 is 0. The number of carbonyl (C=O) groups is 2. The minimum Gasteiger partial charge on any atom is -0.497 e. The number of rotatable bonds is 3. The number of fused-ring (bicyclic) bond motifs is 1. The molecule has 0 fully saturated rings. The van der Waals surface area contributed by atoms with Gasteiger partial charge in [0.25, 0.3) is 11.8 Å². The lowest BCUT2D eigenvalue weighted by molar-refractivity contribution is -0.120. The largest absolute Gasteiger partial charge is 0.497 e. The molecule has 0 bridgehead atoms. The van der Waals surface area contributed by atoms with E-state index >= 15 is 0 Å². The molecule has 1 aliphatic rings. The number of nitrogens with one attached hydrogen (secondary N) is 1.